The fraction of sp³-hybridized carbons (Fsp3) is 0.389. The normalized spacial score (nSPS) is 20.4. The third-order valence-electron chi connectivity index (χ3n) is 5.26. The molecule has 0 saturated carbocycles. The van der Waals surface area contributed by atoms with Gasteiger partial charge in [0.25, 0.3) is 6.01 Å². The molecule has 2 fully saturated rings. The van der Waals surface area contributed by atoms with Gasteiger partial charge in [0, 0.05) is 45.5 Å². The van der Waals surface area contributed by atoms with Crippen LogP contribution in [-0.2, 0) is 0 Å². The third-order valence-corrected chi connectivity index (χ3v) is 5.26. The number of oxazole rings is 1. The number of amides is 2. The molecule has 0 N–H and O–H groups in total. The molecule has 8 nitrogen and oxygen atoms in total. The van der Waals surface area contributed by atoms with Crippen LogP contribution in [0.5, 0.6) is 0 Å². The first kappa shape index (κ1) is 16.1. The van der Waals surface area contributed by atoms with E-state index in [2.05, 4.69) is 10.1 Å². The van der Waals surface area contributed by atoms with Crippen LogP contribution < -0.4 is 9.80 Å². The molecule has 2 aromatic heterocycles. The molecular weight excluding hydrogens is 351 g/mol. The number of halogens is 1. The maximum absolute atomic E-state index is 13.3. The molecule has 1 atom stereocenters. The van der Waals surface area contributed by atoms with Crippen molar-refractivity contribution in [2.75, 3.05) is 43.0 Å². The summed E-state index contributed by atoms with van der Waals surface area (Å²) in [5, 5.41) is 4.46. The molecule has 2 saturated heterocycles. The number of hydrogen-bond donors (Lipinski definition) is 0. The fourth-order valence-corrected chi connectivity index (χ4v) is 3.71. The van der Waals surface area contributed by atoms with E-state index in [-0.39, 0.29) is 17.9 Å². The molecule has 140 valence electrons. The molecule has 1 aromatic carbocycles. The number of carbonyl (C=O) groups excluding carboxylic acids is 1. The van der Waals surface area contributed by atoms with Gasteiger partial charge in [-0.2, -0.15) is 10.1 Å². The van der Waals surface area contributed by atoms with Crippen LogP contribution in [0.4, 0.5) is 20.9 Å². The molecule has 9 heteroatoms. The highest BCUT2D eigenvalue weighted by Gasteiger charge is 2.31. The van der Waals surface area contributed by atoms with Crippen molar-refractivity contribution < 1.29 is 13.6 Å². The van der Waals surface area contributed by atoms with Crippen LogP contribution in [0.1, 0.15) is 12.5 Å². The van der Waals surface area contributed by atoms with Gasteiger partial charge in [-0.1, -0.05) is 0 Å². The number of anilines is 2. The van der Waals surface area contributed by atoms with Gasteiger partial charge in [0.05, 0.1) is 17.9 Å². The Hall–Kier alpha value is -3.10. The first-order chi connectivity index (χ1) is 13.1. The van der Waals surface area contributed by atoms with Crippen LogP contribution in [0.3, 0.4) is 0 Å². The summed E-state index contributed by atoms with van der Waals surface area (Å²) in [7, 11) is 1.80. The monoisotopic (exact) mass is 370 g/mol. The Kier molecular flexibility index (Phi) is 3.56. The van der Waals surface area contributed by atoms with Crippen molar-refractivity contribution in [2.45, 2.75) is 12.5 Å². The van der Waals surface area contributed by atoms with Crippen molar-refractivity contribution in [3.63, 3.8) is 0 Å². The first-order valence-electron chi connectivity index (χ1n) is 8.96. The number of nitrogens with zero attached hydrogens (tertiary/aromatic N) is 6. The van der Waals surface area contributed by atoms with Gasteiger partial charge in [-0.25, -0.2) is 9.18 Å². The number of rotatable bonds is 3. The largest absolute Gasteiger partial charge is 0.423 e. The molecule has 4 heterocycles. The molecule has 2 aliphatic rings. The topological polar surface area (TPSA) is 70.6 Å². The maximum atomic E-state index is 13.3. The fourth-order valence-electron chi connectivity index (χ4n) is 3.71. The lowest BCUT2D eigenvalue weighted by atomic mass is 10.3. The predicted octanol–water partition coefficient (Wildman–Crippen LogP) is 2.49. The van der Waals surface area contributed by atoms with Crippen LogP contribution in [0.25, 0.3) is 11.1 Å². The minimum Gasteiger partial charge on any atom is -0.423 e. The smallest absolute Gasteiger partial charge is 0.324 e. The average molecular weight is 370 g/mol. The first-order valence-corrected chi connectivity index (χ1v) is 8.96. The molecule has 5 rings (SSSR count). The van der Waals surface area contributed by atoms with Gasteiger partial charge in [-0.05, 0) is 18.6 Å². The van der Waals surface area contributed by atoms with Crippen LogP contribution in [0.15, 0.2) is 35.0 Å². The van der Waals surface area contributed by atoms with Crippen LogP contribution in [0, 0.1) is 5.82 Å². The summed E-state index contributed by atoms with van der Waals surface area (Å²) in [6, 6.07) is 5.02. The Labute approximate surface area is 154 Å². The molecule has 1 unspecified atom stereocenters. The number of hydrogen-bond acceptors (Lipinski definition) is 5. The van der Waals surface area contributed by atoms with Crippen molar-refractivity contribution >= 4 is 28.8 Å². The minimum absolute atomic E-state index is 0.00121. The van der Waals surface area contributed by atoms with Crippen molar-refractivity contribution in [1.29, 1.82) is 0 Å². The van der Waals surface area contributed by atoms with E-state index in [0.29, 0.717) is 30.2 Å². The second kappa shape index (κ2) is 5.97. The Balaban J connectivity index is 1.32. The van der Waals surface area contributed by atoms with Gasteiger partial charge < -0.3 is 14.2 Å². The summed E-state index contributed by atoms with van der Waals surface area (Å²) in [5.41, 5.74) is 1.92. The molecule has 0 spiro atoms. The number of carbonyl (C=O) groups is 1. The third kappa shape index (κ3) is 2.70. The Bertz CT molecular complexity index is 1010. The van der Waals surface area contributed by atoms with Crippen molar-refractivity contribution in [3.8, 4) is 0 Å². The van der Waals surface area contributed by atoms with Crippen LogP contribution >= 0.6 is 0 Å². The van der Waals surface area contributed by atoms with E-state index in [4.69, 9.17) is 4.42 Å². The molecular formula is C18H19FN6O2. The second-order valence-electron chi connectivity index (χ2n) is 7.03. The lowest BCUT2D eigenvalue weighted by Gasteiger charge is -2.15. The number of fused-ring (bicyclic) bond motifs is 1. The highest BCUT2D eigenvalue weighted by molar-refractivity contribution is 5.93. The lowest BCUT2D eigenvalue weighted by molar-refractivity contribution is 0.229. The van der Waals surface area contributed by atoms with Crippen LogP contribution in [-0.4, -0.2) is 58.9 Å². The van der Waals surface area contributed by atoms with Crippen molar-refractivity contribution in [1.82, 2.24) is 19.7 Å². The van der Waals surface area contributed by atoms with Crippen LogP contribution in [0.2, 0.25) is 0 Å². The summed E-state index contributed by atoms with van der Waals surface area (Å²) >= 11 is 0. The Morgan fingerprint density at radius 1 is 1.26 bits per heavy atom. The van der Waals surface area contributed by atoms with E-state index in [1.807, 2.05) is 15.8 Å². The van der Waals surface area contributed by atoms with E-state index >= 15 is 0 Å². The molecule has 27 heavy (non-hydrogen) atoms. The summed E-state index contributed by atoms with van der Waals surface area (Å²) < 4.78 is 21.0. The van der Waals surface area contributed by atoms with E-state index < -0.39 is 0 Å². The van der Waals surface area contributed by atoms with E-state index in [1.165, 1.54) is 12.1 Å². The Morgan fingerprint density at radius 2 is 2.15 bits per heavy atom. The summed E-state index contributed by atoms with van der Waals surface area (Å²) in [5.74, 6) is -0.337. The average Bonchev–Trinajstić information content (AvgIpc) is 3.41. The van der Waals surface area contributed by atoms with E-state index in [9.17, 15) is 9.18 Å². The zero-order valence-electron chi connectivity index (χ0n) is 14.9. The lowest BCUT2D eigenvalue weighted by Crippen LogP contribution is -2.28. The standard InChI is InChI=1S/C18H19FN6O2/c1-22-6-7-24(18(22)26)14-9-20-25(11-14)13-4-5-23(10-13)17-21-15-3-2-12(19)8-16(15)27-17/h2-3,8-9,11,13H,4-7,10H2,1H3. The molecule has 0 radical (unpaired) electrons. The molecule has 2 aliphatic heterocycles. The van der Waals surface area contributed by atoms with Gasteiger partial charge in [0.2, 0.25) is 0 Å². The molecule has 0 aliphatic carbocycles. The summed E-state index contributed by atoms with van der Waals surface area (Å²) in [6.07, 6.45) is 4.55. The number of benzene rings is 1. The Morgan fingerprint density at radius 3 is 2.96 bits per heavy atom. The van der Waals surface area contributed by atoms with E-state index in [1.54, 1.807) is 29.1 Å². The number of urea groups is 1. The zero-order chi connectivity index (χ0) is 18.5. The van der Waals surface area contributed by atoms with E-state index in [0.717, 1.165) is 25.2 Å². The number of aromatic nitrogens is 3. The highest BCUT2D eigenvalue weighted by Crippen LogP contribution is 2.30. The minimum atomic E-state index is -0.337. The van der Waals surface area contributed by atoms with Gasteiger partial charge in [0.15, 0.2) is 5.58 Å². The molecule has 0 bridgehead atoms. The summed E-state index contributed by atoms with van der Waals surface area (Å²) in [4.78, 5) is 22.1. The zero-order valence-corrected chi connectivity index (χ0v) is 14.9. The molecule has 2 amide bonds. The van der Waals surface area contributed by atoms with Gasteiger partial charge in [0.1, 0.15) is 11.3 Å². The van der Waals surface area contributed by atoms with Gasteiger partial charge >= 0.3 is 6.03 Å². The number of likely N-dealkylation sites (N-methyl/N-ethyl adjacent to an activating group) is 1. The second-order valence-corrected chi connectivity index (χ2v) is 7.03. The van der Waals surface area contributed by atoms with Crippen molar-refractivity contribution in [3.05, 3.63) is 36.4 Å². The highest BCUT2D eigenvalue weighted by atomic mass is 19.1. The SMILES string of the molecule is CN1CCN(c2cnn(C3CCN(c4nc5ccc(F)cc5o4)C3)c2)C1=O. The quantitative estimate of drug-likeness (QED) is 0.708. The van der Waals surface area contributed by atoms with Gasteiger partial charge in [-0.15, -0.1) is 0 Å². The van der Waals surface area contributed by atoms with Gasteiger partial charge in [-0.3, -0.25) is 9.58 Å². The predicted molar refractivity (Wildman–Crippen MR) is 97.4 cm³/mol. The van der Waals surface area contributed by atoms with Crippen molar-refractivity contribution in [2.24, 2.45) is 0 Å². The molecule has 3 aromatic rings. The summed E-state index contributed by atoms with van der Waals surface area (Å²) in [6.45, 7) is 2.88. The maximum Gasteiger partial charge on any atom is 0.324 e.